The summed E-state index contributed by atoms with van der Waals surface area (Å²) < 4.78 is 33.0. The largest absolute Gasteiger partial charge is 0.338 e. The maximum absolute atomic E-state index is 12.3. The molecular weight excluding hydrogens is 418 g/mol. The third kappa shape index (κ3) is 4.38. The Bertz CT molecular complexity index is 981. The van der Waals surface area contributed by atoms with Gasteiger partial charge >= 0.3 is 0 Å². The lowest BCUT2D eigenvalue weighted by Gasteiger charge is -2.05. The fourth-order valence-corrected chi connectivity index (χ4v) is 3.55. The van der Waals surface area contributed by atoms with Crippen molar-refractivity contribution in [2.24, 2.45) is 0 Å². The molecule has 1 heterocycles. The molecule has 0 spiro atoms. The number of halogens is 1. The van der Waals surface area contributed by atoms with Crippen molar-refractivity contribution < 1.29 is 12.9 Å². The number of benzene rings is 2. The predicted octanol–water partition coefficient (Wildman–Crippen LogP) is 4.10. The molecule has 0 bridgehead atoms. The van der Waals surface area contributed by atoms with Gasteiger partial charge in [0.25, 0.3) is 0 Å². The third-order valence-electron chi connectivity index (χ3n) is 3.84. The van der Waals surface area contributed by atoms with E-state index in [1.165, 1.54) is 17.7 Å². The van der Waals surface area contributed by atoms with Gasteiger partial charge in [-0.15, -0.1) is 0 Å². The van der Waals surface area contributed by atoms with Crippen molar-refractivity contribution in [3.8, 4) is 11.4 Å². The van der Waals surface area contributed by atoms with Gasteiger partial charge in [-0.25, -0.2) is 13.1 Å². The minimum absolute atomic E-state index is 0.0739. The highest BCUT2D eigenvalue weighted by molar-refractivity contribution is 9.10. The lowest BCUT2D eigenvalue weighted by atomic mass is 10.0. The molecule has 0 unspecified atom stereocenters. The van der Waals surface area contributed by atoms with Gasteiger partial charge in [0.1, 0.15) is 0 Å². The Morgan fingerprint density at radius 2 is 1.73 bits per heavy atom. The quantitative estimate of drug-likeness (QED) is 0.629. The van der Waals surface area contributed by atoms with E-state index in [4.69, 9.17) is 4.52 Å². The Morgan fingerprint density at radius 1 is 1.08 bits per heavy atom. The summed E-state index contributed by atoms with van der Waals surface area (Å²) >= 11 is 3.28. The fourth-order valence-electron chi connectivity index (χ4n) is 2.31. The molecule has 26 heavy (non-hydrogen) atoms. The smallest absolute Gasteiger partial charge is 0.242 e. The van der Waals surface area contributed by atoms with Crippen LogP contribution in [0, 0.1) is 0 Å². The summed E-state index contributed by atoms with van der Waals surface area (Å²) in [6, 6.07) is 14.3. The van der Waals surface area contributed by atoms with Gasteiger partial charge < -0.3 is 4.52 Å². The SMILES string of the molecule is CC(C)c1ccc(-c2noc(CNS(=O)(=O)c3ccc(Br)cc3)n2)cc1. The third-order valence-corrected chi connectivity index (χ3v) is 5.79. The van der Waals surface area contributed by atoms with E-state index in [1.54, 1.807) is 12.1 Å². The summed E-state index contributed by atoms with van der Waals surface area (Å²) in [5.41, 5.74) is 2.04. The zero-order valence-corrected chi connectivity index (χ0v) is 16.7. The molecule has 3 aromatic rings. The number of rotatable bonds is 6. The second-order valence-corrected chi connectivity index (χ2v) is 8.75. The average Bonchev–Trinajstić information content (AvgIpc) is 3.10. The zero-order chi connectivity index (χ0) is 18.7. The number of hydrogen-bond acceptors (Lipinski definition) is 5. The molecule has 1 aromatic heterocycles. The molecular formula is C18H18BrN3O3S. The van der Waals surface area contributed by atoms with E-state index < -0.39 is 10.0 Å². The average molecular weight is 436 g/mol. The van der Waals surface area contributed by atoms with Gasteiger partial charge in [-0.3, -0.25) is 0 Å². The van der Waals surface area contributed by atoms with Crippen molar-refractivity contribution in [3.63, 3.8) is 0 Å². The van der Waals surface area contributed by atoms with Crippen LogP contribution in [0.15, 0.2) is 62.4 Å². The van der Waals surface area contributed by atoms with E-state index in [-0.39, 0.29) is 17.3 Å². The molecule has 1 N–H and O–H groups in total. The first kappa shape index (κ1) is 18.8. The van der Waals surface area contributed by atoms with E-state index >= 15 is 0 Å². The molecule has 0 radical (unpaired) electrons. The van der Waals surface area contributed by atoms with Gasteiger partial charge in [0.2, 0.25) is 21.7 Å². The molecule has 0 fully saturated rings. The van der Waals surface area contributed by atoms with Crippen molar-refractivity contribution >= 4 is 26.0 Å². The first-order valence-corrected chi connectivity index (χ1v) is 10.3. The summed E-state index contributed by atoms with van der Waals surface area (Å²) in [6.07, 6.45) is 0. The van der Waals surface area contributed by atoms with Crippen molar-refractivity contribution in [2.75, 3.05) is 0 Å². The summed E-state index contributed by atoms with van der Waals surface area (Å²) in [7, 11) is -3.64. The predicted molar refractivity (Wildman–Crippen MR) is 102 cm³/mol. The molecule has 6 nitrogen and oxygen atoms in total. The van der Waals surface area contributed by atoms with E-state index in [0.29, 0.717) is 11.7 Å². The number of nitrogens with one attached hydrogen (secondary N) is 1. The van der Waals surface area contributed by atoms with Gasteiger partial charge in [0.05, 0.1) is 11.4 Å². The molecule has 0 atom stereocenters. The van der Waals surface area contributed by atoms with Crippen LogP contribution in [0.25, 0.3) is 11.4 Å². The van der Waals surface area contributed by atoms with Gasteiger partial charge in [-0.05, 0) is 35.7 Å². The fraction of sp³-hybridized carbons (Fsp3) is 0.222. The molecule has 0 aliphatic carbocycles. The molecule has 0 aliphatic heterocycles. The Kier molecular flexibility index (Phi) is 5.55. The maximum Gasteiger partial charge on any atom is 0.242 e. The highest BCUT2D eigenvalue weighted by Crippen LogP contribution is 2.21. The van der Waals surface area contributed by atoms with E-state index in [1.807, 2.05) is 24.3 Å². The Balaban J connectivity index is 1.69. The highest BCUT2D eigenvalue weighted by Gasteiger charge is 2.16. The normalized spacial score (nSPS) is 11.8. The standard InChI is InChI=1S/C18H18BrN3O3S/c1-12(2)13-3-5-14(6-4-13)18-21-17(25-22-18)11-20-26(23,24)16-9-7-15(19)8-10-16/h3-10,12,20H,11H2,1-2H3. The lowest BCUT2D eigenvalue weighted by Crippen LogP contribution is -2.23. The van der Waals surface area contributed by atoms with Crippen LogP contribution in [0.2, 0.25) is 0 Å². The molecule has 2 aromatic carbocycles. The number of sulfonamides is 1. The first-order valence-electron chi connectivity index (χ1n) is 8.03. The van der Waals surface area contributed by atoms with Crippen LogP contribution < -0.4 is 4.72 Å². The lowest BCUT2D eigenvalue weighted by molar-refractivity contribution is 0.376. The molecule has 0 saturated heterocycles. The van der Waals surface area contributed by atoms with Gasteiger partial charge in [-0.1, -0.05) is 59.2 Å². The molecule has 8 heteroatoms. The van der Waals surface area contributed by atoms with Crippen LogP contribution in [0.3, 0.4) is 0 Å². The van der Waals surface area contributed by atoms with E-state index in [9.17, 15) is 8.42 Å². The van der Waals surface area contributed by atoms with E-state index in [0.717, 1.165) is 10.0 Å². The highest BCUT2D eigenvalue weighted by atomic mass is 79.9. The summed E-state index contributed by atoms with van der Waals surface area (Å²) in [5, 5.41) is 3.92. The van der Waals surface area contributed by atoms with Crippen molar-refractivity contribution in [1.29, 1.82) is 0 Å². The van der Waals surface area contributed by atoms with Crippen LogP contribution in [0.1, 0.15) is 31.2 Å². The first-order chi connectivity index (χ1) is 12.3. The minimum atomic E-state index is -3.64. The zero-order valence-electron chi connectivity index (χ0n) is 14.3. The molecule has 0 aliphatic rings. The van der Waals surface area contributed by atoms with Gasteiger partial charge in [0.15, 0.2) is 0 Å². The summed E-state index contributed by atoms with van der Waals surface area (Å²) in [5.74, 6) is 1.07. The maximum atomic E-state index is 12.3. The number of hydrogen-bond donors (Lipinski definition) is 1. The molecule has 136 valence electrons. The Labute approximate surface area is 160 Å². The topological polar surface area (TPSA) is 85.1 Å². The second kappa shape index (κ2) is 7.69. The monoisotopic (exact) mass is 435 g/mol. The van der Waals surface area contributed by atoms with Crippen LogP contribution in [0.4, 0.5) is 0 Å². The van der Waals surface area contributed by atoms with Crippen molar-refractivity contribution in [1.82, 2.24) is 14.9 Å². The van der Waals surface area contributed by atoms with Crippen molar-refractivity contribution in [3.05, 3.63) is 64.5 Å². The van der Waals surface area contributed by atoms with Crippen LogP contribution in [-0.2, 0) is 16.6 Å². The van der Waals surface area contributed by atoms with Crippen molar-refractivity contribution in [2.45, 2.75) is 31.2 Å². The van der Waals surface area contributed by atoms with Gasteiger partial charge in [0, 0.05) is 10.0 Å². The molecule has 0 saturated carbocycles. The summed E-state index contributed by atoms with van der Waals surface area (Å²) in [4.78, 5) is 4.42. The van der Waals surface area contributed by atoms with E-state index in [2.05, 4.69) is 44.6 Å². The van der Waals surface area contributed by atoms with Gasteiger partial charge in [-0.2, -0.15) is 4.98 Å². The Morgan fingerprint density at radius 3 is 2.35 bits per heavy atom. The second-order valence-electron chi connectivity index (χ2n) is 6.07. The minimum Gasteiger partial charge on any atom is -0.338 e. The van der Waals surface area contributed by atoms with Crippen LogP contribution in [-0.4, -0.2) is 18.6 Å². The van der Waals surface area contributed by atoms with Crippen LogP contribution >= 0.6 is 15.9 Å². The Hall–Kier alpha value is -2.03. The number of aromatic nitrogens is 2. The molecule has 0 amide bonds. The summed E-state index contributed by atoms with van der Waals surface area (Å²) in [6.45, 7) is 4.17. The number of nitrogens with zero attached hydrogens (tertiary/aromatic N) is 2. The van der Waals surface area contributed by atoms with Crippen LogP contribution in [0.5, 0.6) is 0 Å². The molecule has 3 rings (SSSR count).